The van der Waals surface area contributed by atoms with Gasteiger partial charge in [0.15, 0.2) is 5.96 Å². The summed E-state index contributed by atoms with van der Waals surface area (Å²) in [6.45, 7) is 2.38. The van der Waals surface area contributed by atoms with Gasteiger partial charge in [0.05, 0.1) is 0 Å². The molecule has 2 atom stereocenters. The number of aryl methyl sites for hydroxylation is 1. The van der Waals surface area contributed by atoms with Crippen LogP contribution in [0.25, 0.3) is 0 Å². The molecule has 3 aliphatic rings. The molecule has 5 heteroatoms. The van der Waals surface area contributed by atoms with E-state index in [1.165, 1.54) is 30.4 Å². The van der Waals surface area contributed by atoms with E-state index in [9.17, 15) is 4.79 Å². The van der Waals surface area contributed by atoms with Crippen LogP contribution in [0, 0.1) is 11.8 Å². The van der Waals surface area contributed by atoms with Crippen LogP contribution in [0.1, 0.15) is 36.8 Å². The van der Waals surface area contributed by atoms with Gasteiger partial charge in [-0.15, -0.1) is 0 Å². The summed E-state index contributed by atoms with van der Waals surface area (Å²) >= 11 is 0. The molecule has 0 spiro atoms. The monoisotopic (exact) mass is 368 g/mol. The van der Waals surface area contributed by atoms with Gasteiger partial charge in [-0.3, -0.25) is 4.79 Å². The highest BCUT2D eigenvalue weighted by Gasteiger charge is 2.37. The quantitative estimate of drug-likeness (QED) is 0.655. The van der Waals surface area contributed by atoms with Crippen molar-refractivity contribution in [2.45, 2.75) is 44.6 Å². The van der Waals surface area contributed by atoms with E-state index in [1.54, 1.807) is 19.0 Å². The molecule has 0 radical (unpaired) electrons. The van der Waals surface area contributed by atoms with Crippen LogP contribution in [0.2, 0.25) is 0 Å². The van der Waals surface area contributed by atoms with Gasteiger partial charge in [-0.1, -0.05) is 24.3 Å². The van der Waals surface area contributed by atoms with Gasteiger partial charge in [0, 0.05) is 33.2 Å². The third-order valence-electron chi connectivity index (χ3n) is 6.36. The average molecular weight is 369 g/mol. The average Bonchev–Trinajstić information content (AvgIpc) is 3.41. The van der Waals surface area contributed by atoms with E-state index in [1.807, 2.05) is 0 Å². The maximum atomic E-state index is 12.1. The van der Waals surface area contributed by atoms with Crippen molar-refractivity contribution in [1.82, 2.24) is 15.1 Å². The van der Waals surface area contributed by atoms with Gasteiger partial charge < -0.3 is 15.1 Å². The number of hydrogen-bond acceptors (Lipinski definition) is 2. The zero-order valence-electron chi connectivity index (χ0n) is 16.7. The molecule has 1 saturated heterocycles. The minimum Gasteiger partial charge on any atom is -0.353 e. The number of amides is 1. The number of nitrogens with zero attached hydrogens (tertiary/aromatic N) is 3. The molecule has 1 amide bonds. The van der Waals surface area contributed by atoms with Gasteiger partial charge in [0.25, 0.3) is 0 Å². The van der Waals surface area contributed by atoms with Crippen molar-refractivity contribution >= 4 is 11.9 Å². The predicted octanol–water partition coefficient (Wildman–Crippen LogP) is 2.31. The molecule has 2 fully saturated rings. The number of likely N-dealkylation sites (N-methyl/N-ethyl adjacent to an activating group) is 1. The first-order valence-corrected chi connectivity index (χ1v) is 10.4. The van der Waals surface area contributed by atoms with Gasteiger partial charge in [-0.2, -0.15) is 0 Å². The molecule has 1 N–H and O–H groups in total. The normalized spacial score (nSPS) is 25.3. The number of carbonyl (C=O) groups excluding carboxylic acids is 1. The number of likely N-dealkylation sites (tertiary alicyclic amines) is 1. The third kappa shape index (κ3) is 4.45. The molecule has 1 aromatic rings. The highest BCUT2D eigenvalue weighted by Crippen LogP contribution is 2.41. The highest BCUT2D eigenvalue weighted by atomic mass is 16.2. The van der Waals surface area contributed by atoms with Crippen molar-refractivity contribution in [1.29, 1.82) is 0 Å². The van der Waals surface area contributed by atoms with Gasteiger partial charge in [0.2, 0.25) is 5.91 Å². The summed E-state index contributed by atoms with van der Waals surface area (Å²) in [6.07, 6.45) is 7.34. The second-order valence-corrected chi connectivity index (χ2v) is 8.61. The van der Waals surface area contributed by atoms with Crippen LogP contribution in [0.4, 0.5) is 0 Å². The van der Waals surface area contributed by atoms with Gasteiger partial charge >= 0.3 is 0 Å². The Morgan fingerprint density at radius 2 is 1.93 bits per heavy atom. The van der Waals surface area contributed by atoms with Crippen LogP contribution in [-0.4, -0.2) is 61.4 Å². The number of benzene rings is 1. The van der Waals surface area contributed by atoms with E-state index in [0.717, 1.165) is 50.1 Å². The first-order valence-electron chi connectivity index (χ1n) is 10.4. The van der Waals surface area contributed by atoms with Crippen molar-refractivity contribution in [2.75, 3.05) is 33.7 Å². The summed E-state index contributed by atoms with van der Waals surface area (Å²) in [5.41, 5.74) is 2.93. The highest BCUT2D eigenvalue weighted by molar-refractivity contribution is 5.85. The maximum absolute atomic E-state index is 12.1. The summed E-state index contributed by atoms with van der Waals surface area (Å²) in [5.74, 6) is 2.74. The van der Waals surface area contributed by atoms with Gasteiger partial charge in [0.1, 0.15) is 6.54 Å². The van der Waals surface area contributed by atoms with Crippen molar-refractivity contribution in [2.24, 2.45) is 16.8 Å². The molecule has 1 heterocycles. The van der Waals surface area contributed by atoms with E-state index in [4.69, 9.17) is 4.99 Å². The van der Waals surface area contributed by atoms with Gasteiger partial charge in [-0.05, 0) is 61.5 Å². The smallest absolute Gasteiger partial charge is 0.243 e. The van der Waals surface area contributed by atoms with Crippen LogP contribution in [-0.2, 0) is 17.6 Å². The van der Waals surface area contributed by atoms with Gasteiger partial charge in [-0.25, -0.2) is 4.99 Å². The Balaban J connectivity index is 1.44. The summed E-state index contributed by atoms with van der Waals surface area (Å²) in [4.78, 5) is 20.8. The molecule has 1 aliphatic heterocycles. The standard InChI is InChI=1S/C22H32N4O/c1-25(2)21(27)14-23-22(26-12-11-19(15-26)17-7-8-17)24-20-10-9-16-5-3-4-6-18(16)13-20/h3-6,17,19-20H,7-15H2,1-2H3,(H,23,24). The molecule has 5 nitrogen and oxygen atoms in total. The van der Waals surface area contributed by atoms with Crippen molar-refractivity contribution in [3.8, 4) is 0 Å². The lowest BCUT2D eigenvalue weighted by Gasteiger charge is -2.30. The number of fused-ring (bicyclic) bond motifs is 1. The summed E-state index contributed by atoms with van der Waals surface area (Å²) in [7, 11) is 3.59. The third-order valence-corrected chi connectivity index (χ3v) is 6.36. The second kappa shape index (κ2) is 7.91. The molecule has 146 valence electrons. The Morgan fingerprint density at radius 1 is 1.15 bits per heavy atom. The Bertz CT molecular complexity index is 710. The first-order chi connectivity index (χ1) is 13.1. The lowest BCUT2D eigenvalue weighted by molar-refractivity contribution is -0.127. The number of hydrogen-bond donors (Lipinski definition) is 1. The summed E-state index contributed by atoms with van der Waals surface area (Å²) < 4.78 is 0. The van der Waals surface area contributed by atoms with E-state index in [-0.39, 0.29) is 12.5 Å². The number of nitrogens with one attached hydrogen (secondary N) is 1. The zero-order chi connectivity index (χ0) is 18.8. The topological polar surface area (TPSA) is 47.9 Å². The zero-order valence-corrected chi connectivity index (χ0v) is 16.7. The molecule has 0 bridgehead atoms. The predicted molar refractivity (Wildman–Crippen MR) is 109 cm³/mol. The fraction of sp³-hybridized carbons (Fsp3) is 0.636. The summed E-state index contributed by atoms with van der Waals surface area (Å²) in [6, 6.07) is 9.15. The fourth-order valence-corrected chi connectivity index (χ4v) is 4.46. The number of guanidine groups is 1. The molecule has 27 heavy (non-hydrogen) atoms. The number of aliphatic imine (C=N–C) groups is 1. The van der Waals surface area contributed by atoms with Crippen LogP contribution >= 0.6 is 0 Å². The van der Waals surface area contributed by atoms with Crippen LogP contribution in [0.15, 0.2) is 29.3 Å². The lowest BCUT2D eigenvalue weighted by Crippen LogP contribution is -2.47. The Hall–Kier alpha value is -2.04. The molecule has 1 aromatic carbocycles. The van der Waals surface area contributed by atoms with Crippen molar-refractivity contribution in [3.05, 3.63) is 35.4 Å². The first kappa shape index (κ1) is 18.3. The maximum Gasteiger partial charge on any atom is 0.243 e. The molecule has 0 aromatic heterocycles. The summed E-state index contributed by atoms with van der Waals surface area (Å²) in [5, 5.41) is 3.72. The van der Waals surface area contributed by atoms with E-state index >= 15 is 0 Å². The Morgan fingerprint density at radius 3 is 2.67 bits per heavy atom. The number of rotatable bonds is 4. The number of carbonyl (C=O) groups is 1. The van der Waals surface area contributed by atoms with Crippen molar-refractivity contribution < 1.29 is 4.79 Å². The minimum atomic E-state index is 0.0567. The minimum absolute atomic E-state index is 0.0567. The molecule has 4 rings (SSSR count). The van der Waals surface area contributed by atoms with Crippen LogP contribution in [0.5, 0.6) is 0 Å². The van der Waals surface area contributed by atoms with Crippen molar-refractivity contribution in [3.63, 3.8) is 0 Å². The Labute approximate surface area is 162 Å². The molecule has 2 aliphatic carbocycles. The van der Waals surface area contributed by atoms with E-state index < -0.39 is 0 Å². The molecular weight excluding hydrogens is 336 g/mol. The lowest BCUT2D eigenvalue weighted by atomic mass is 9.88. The van der Waals surface area contributed by atoms with E-state index in [2.05, 4.69) is 34.5 Å². The Kier molecular flexibility index (Phi) is 5.37. The van der Waals surface area contributed by atoms with E-state index in [0.29, 0.717) is 6.04 Å². The second-order valence-electron chi connectivity index (χ2n) is 8.61. The molecule has 1 saturated carbocycles. The molecule has 2 unspecified atom stereocenters. The fourth-order valence-electron chi connectivity index (χ4n) is 4.46. The SMILES string of the molecule is CN(C)C(=O)CN=C(NC1CCc2ccccc2C1)N1CCC(C2CC2)C1. The van der Waals surface area contributed by atoms with Crippen LogP contribution < -0.4 is 5.32 Å². The largest absolute Gasteiger partial charge is 0.353 e. The van der Waals surface area contributed by atoms with Crippen LogP contribution in [0.3, 0.4) is 0 Å². The molecular formula is C22H32N4O.